The van der Waals surface area contributed by atoms with Gasteiger partial charge >= 0.3 is 0 Å². The Morgan fingerprint density at radius 3 is 2.50 bits per heavy atom. The van der Waals surface area contributed by atoms with Crippen LogP contribution in [-0.4, -0.2) is 65.2 Å². The Morgan fingerprint density at radius 2 is 1.83 bits per heavy atom. The zero-order chi connectivity index (χ0) is 33.2. The lowest BCUT2D eigenvalue weighted by Crippen LogP contribution is -2.59. The number of piperidine rings is 1. The average Bonchev–Trinajstić information content (AvgIpc) is 2.98. The molecule has 11 heteroatoms. The lowest BCUT2D eigenvalue weighted by Gasteiger charge is -2.47. The van der Waals surface area contributed by atoms with Crippen LogP contribution < -0.4 is 15.4 Å². The quantitative estimate of drug-likeness (QED) is 0.252. The summed E-state index contributed by atoms with van der Waals surface area (Å²) in [6, 6.07) is 6.44. The van der Waals surface area contributed by atoms with Crippen molar-refractivity contribution in [2.45, 2.75) is 52.5 Å². The van der Waals surface area contributed by atoms with Crippen molar-refractivity contribution in [3.63, 3.8) is 0 Å². The molecule has 0 aliphatic carbocycles. The van der Waals surface area contributed by atoms with E-state index in [4.69, 9.17) is 11.6 Å². The van der Waals surface area contributed by atoms with Gasteiger partial charge < -0.3 is 19.8 Å². The molecule has 0 radical (unpaired) electrons. The second kappa shape index (κ2) is 12.0. The number of phenolic OH excluding ortho intramolecular Hbond substituents is 1. The van der Waals surface area contributed by atoms with E-state index in [0.717, 1.165) is 12.5 Å². The van der Waals surface area contributed by atoms with Crippen molar-refractivity contribution < 1.29 is 18.7 Å². The molecule has 0 saturated carbocycles. The SMILES string of the molecule is Cc1ccnc(C(C)C)c1-n1c(=O)c2c(c3cc(Cl)c(-c4c(O)cccc4F)c(F)c31)N1C[C@@H](C)CC[C@@H]1C(=O)N2CCN(C)C. The summed E-state index contributed by atoms with van der Waals surface area (Å²) in [6.45, 7) is 8.99. The van der Waals surface area contributed by atoms with Crippen molar-refractivity contribution in [2.24, 2.45) is 5.92 Å². The van der Waals surface area contributed by atoms with Crippen molar-refractivity contribution in [2.75, 3.05) is 43.5 Å². The van der Waals surface area contributed by atoms with Crippen molar-refractivity contribution >= 4 is 39.8 Å². The highest BCUT2D eigenvalue weighted by atomic mass is 35.5. The Bertz CT molecular complexity index is 1920. The number of halogens is 3. The molecule has 2 aliphatic heterocycles. The lowest BCUT2D eigenvalue weighted by atomic mass is 9.89. The number of benzene rings is 2. The third-order valence-corrected chi connectivity index (χ3v) is 9.46. The van der Waals surface area contributed by atoms with E-state index in [1.54, 1.807) is 17.2 Å². The van der Waals surface area contributed by atoms with Gasteiger partial charge in [-0.1, -0.05) is 38.4 Å². The fourth-order valence-electron chi connectivity index (χ4n) is 6.93. The maximum Gasteiger partial charge on any atom is 0.281 e. The van der Waals surface area contributed by atoms with Crippen LogP contribution in [0.4, 0.5) is 20.2 Å². The molecule has 0 unspecified atom stereocenters. The molecule has 0 spiro atoms. The summed E-state index contributed by atoms with van der Waals surface area (Å²) in [6.07, 6.45) is 3.05. The number of nitrogens with zero attached hydrogens (tertiary/aromatic N) is 5. The number of phenols is 1. The number of hydrogen-bond acceptors (Lipinski definition) is 6. The van der Waals surface area contributed by atoms with E-state index in [2.05, 4.69) is 11.9 Å². The van der Waals surface area contributed by atoms with Gasteiger partial charge in [-0.05, 0) is 75.5 Å². The molecule has 2 aliphatic rings. The van der Waals surface area contributed by atoms with Gasteiger partial charge in [0.1, 0.15) is 23.3 Å². The van der Waals surface area contributed by atoms with Gasteiger partial charge in [0.25, 0.3) is 5.56 Å². The van der Waals surface area contributed by atoms with Crippen molar-refractivity contribution in [3.05, 3.63) is 74.8 Å². The van der Waals surface area contributed by atoms with E-state index in [1.165, 1.54) is 22.8 Å². The number of carbonyl (C=O) groups excluding carboxylic acids is 1. The van der Waals surface area contributed by atoms with E-state index < -0.39 is 34.5 Å². The van der Waals surface area contributed by atoms with E-state index in [1.807, 2.05) is 44.7 Å². The molecule has 6 rings (SSSR count). The summed E-state index contributed by atoms with van der Waals surface area (Å²) < 4.78 is 34.0. The Morgan fingerprint density at radius 1 is 1.09 bits per heavy atom. The van der Waals surface area contributed by atoms with Crippen LogP contribution in [0.3, 0.4) is 0 Å². The molecule has 4 heterocycles. The highest BCUT2D eigenvalue weighted by molar-refractivity contribution is 6.35. The number of hydrogen-bond donors (Lipinski definition) is 1. The van der Waals surface area contributed by atoms with Crippen LogP contribution in [0.2, 0.25) is 5.02 Å². The number of fused-ring (bicyclic) bond motifs is 5. The smallest absolute Gasteiger partial charge is 0.281 e. The third-order valence-electron chi connectivity index (χ3n) is 9.16. The first-order valence-electron chi connectivity index (χ1n) is 15.6. The predicted molar refractivity (Wildman–Crippen MR) is 179 cm³/mol. The molecule has 2 aromatic heterocycles. The maximum absolute atomic E-state index is 17.4. The van der Waals surface area contributed by atoms with Gasteiger partial charge in [-0.25, -0.2) is 8.78 Å². The highest BCUT2D eigenvalue weighted by Crippen LogP contribution is 2.48. The summed E-state index contributed by atoms with van der Waals surface area (Å²) >= 11 is 6.83. The summed E-state index contributed by atoms with van der Waals surface area (Å²) in [5.41, 5.74) is 0.723. The monoisotopic (exact) mass is 649 g/mol. The number of anilines is 2. The minimum atomic E-state index is -0.959. The topological polar surface area (TPSA) is 81.9 Å². The molecule has 2 atom stereocenters. The number of rotatable bonds is 6. The van der Waals surface area contributed by atoms with Crippen LogP contribution in [0, 0.1) is 24.5 Å². The molecule has 0 bridgehead atoms. The fraction of sp³-hybridized carbons (Fsp3) is 0.400. The fourth-order valence-corrected chi connectivity index (χ4v) is 7.22. The van der Waals surface area contributed by atoms with Gasteiger partial charge in [-0.15, -0.1) is 0 Å². The van der Waals surface area contributed by atoms with E-state index >= 15 is 13.6 Å². The van der Waals surface area contributed by atoms with Crippen LogP contribution in [-0.2, 0) is 4.79 Å². The first-order chi connectivity index (χ1) is 21.8. The predicted octanol–water partition coefficient (Wildman–Crippen LogP) is 6.63. The Hall–Kier alpha value is -4.02. The van der Waals surface area contributed by atoms with Gasteiger partial charge in [-0.3, -0.25) is 19.1 Å². The minimum Gasteiger partial charge on any atom is -0.507 e. The van der Waals surface area contributed by atoms with E-state index in [9.17, 15) is 9.90 Å². The van der Waals surface area contributed by atoms with Gasteiger partial charge in [0.15, 0.2) is 5.82 Å². The zero-order valence-corrected chi connectivity index (χ0v) is 27.6. The molecule has 242 valence electrons. The summed E-state index contributed by atoms with van der Waals surface area (Å²) in [4.78, 5) is 39.3. The zero-order valence-electron chi connectivity index (χ0n) is 26.9. The Labute approximate surface area is 271 Å². The molecule has 1 N–H and O–H groups in total. The second-order valence-electron chi connectivity index (χ2n) is 13.1. The highest BCUT2D eigenvalue weighted by Gasteiger charge is 2.44. The van der Waals surface area contributed by atoms with Crippen molar-refractivity contribution in [3.8, 4) is 22.6 Å². The van der Waals surface area contributed by atoms with Gasteiger partial charge in [0.05, 0.1) is 33.2 Å². The molecule has 2 aromatic carbocycles. The number of aromatic hydroxyl groups is 1. The first kappa shape index (κ1) is 31.9. The van der Waals surface area contributed by atoms with E-state index in [0.29, 0.717) is 47.5 Å². The number of likely N-dealkylation sites (N-methyl/N-ethyl adjacent to an activating group) is 1. The normalized spacial score (nSPS) is 18.1. The Balaban J connectivity index is 1.84. The molecule has 4 aromatic rings. The molecule has 1 saturated heterocycles. The Kier molecular flexibility index (Phi) is 8.31. The summed E-state index contributed by atoms with van der Waals surface area (Å²) in [5.74, 6) is -2.42. The minimum absolute atomic E-state index is 0.123. The molecular weight excluding hydrogens is 612 g/mol. The third kappa shape index (κ3) is 5.02. The number of aryl methyl sites for hydroxylation is 1. The van der Waals surface area contributed by atoms with Gasteiger partial charge in [-0.2, -0.15) is 0 Å². The molecule has 46 heavy (non-hydrogen) atoms. The maximum atomic E-state index is 17.4. The van der Waals surface area contributed by atoms with Crippen molar-refractivity contribution in [1.29, 1.82) is 0 Å². The standard InChI is InChI=1S/C35H38ClF2N5O3/c1-18(2)29-30(20(4)12-13-39-29)43-31-21(16-22(36)26(28(31)38)27-23(37)8-7-9-25(27)44)32-33(35(43)46)41(15-14-40(5)6)34(45)24-11-10-19(3)17-42(24)32/h7-9,12-13,16,18-19,24,44H,10-11,14-15,17H2,1-6H3/t19-,24+/m0/s1. The largest absolute Gasteiger partial charge is 0.507 e. The van der Waals surface area contributed by atoms with E-state index in [-0.39, 0.29) is 46.1 Å². The number of aromatic nitrogens is 2. The van der Waals surface area contributed by atoms with Crippen LogP contribution in [0.5, 0.6) is 5.75 Å². The van der Waals surface area contributed by atoms with Crippen molar-refractivity contribution in [1.82, 2.24) is 14.5 Å². The average molecular weight is 650 g/mol. The van der Waals surface area contributed by atoms with Gasteiger partial charge in [0.2, 0.25) is 5.91 Å². The number of carbonyl (C=O) groups is 1. The van der Waals surface area contributed by atoms with Crippen LogP contribution in [0.1, 0.15) is 50.8 Å². The van der Waals surface area contributed by atoms with Crippen LogP contribution in [0.15, 0.2) is 41.3 Å². The lowest BCUT2D eigenvalue weighted by molar-refractivity contribution is -0.120. The molecule has 1 amide bonds. The molecular formula is C35H38ClF2N5O3. The summed E-state index contributed by atoms with van der Waals surface area (Å²) in [7, 11) is 3.79. The number of amides is 1. The van der Waals surface area contributed by atoms with Gasteiger partial charge in [0, 0.05) is 36.8 Å². The molecule has 1 fully saturated rings. The first-order valence-corrected chi connectivity index (χ1v) is 16.0. The van der Waals surface area contributed by atoms with Crippen LogP contribution in [0.25, 0.3) is 27.7 Å². The molecule has 8 nitrogen and oxygen atoms in total. The second-order valence-corrected chi connectivity index (χ2v) is 13.5. The van der Waals surface area contributed by atoms with Crippen LogP contribution >= 0.6 is 11.6 Å². The number of pyridine rings is 2. The summed E-state index contributed by atoms with van der Waals surface area (Å²) in [5, 5.41) is 10.9.